The van der Waals surface area contributed by atoms with Gasteiger partial charge in [-0.15, -0.1) is 0 Å². The highest BCUT2D eigenvalue weighted by Crippen LogP contribution is 2.31. The Balaban J connectivity index is 2.50. The third-order valence-electron chi connectivity index (χ3n) is 2.61. The molecule has 0 amide bonds. The number of hydrogen-bond donors (Lipinski definition) is 1. The maximum absolute atomic E-state index is 11.0. The summed E-state index contributed by atoms with van der Waals surface area (Å²) in [5.41, 5.74) is 0.565. The topological polar surface area (TPSA) is 46.5 Å². The molecule has 0 unspecified atom stereocenters. The van der Waals surface area contributed by atoms with Crippen molar-refractivity contribution in [3.63, 3.8) is 0 Å². The van der Waals surface area contributed by atoms with Crippen LogP contribution in [-0.2, 0) is 9.53 Å². The molecule has 2 atom stereocenters. The van der Waals surface area contributed by atoms with Gasteiger partial charge >= 0.3 is 5.97 Å². The number of ether oxygens (including phenoxy) is 1. The molecule has 1 heterocycles. The highest BCUT2D eigenvalue weighted by molar-refractivity contribution is 5.73. The normalized spacial score (nSPS) is 31.4. The van der Waals surface area contributed by atoms with Gasteiger partial charge in [-0.2, -0.15) is 0 Å². The first-order valence-electron chi connectivity index (χ1n) is 4.97. The zero-order valence-corrected chi connectivity index (χ0v) is 9.04. The molecule has 3 nitrogen and oxygen atoms in total. The summed E-state index contributed by atoms with van der Waals surface area (Å²) >= 11 is 0. The van der Waals surface area contributed by atoms with Crippen molar-refractivity contribution in [2.45, 2.75) is 51.7 Å². The highest BCUT2D eigenvalue weighted by atomic mass is 16.6. The largest absolute Gasteiger partial charge is 0.456 e. The van der Waals surface area contributed by atoms with E-state index in [2.05, 4.69) is 6.08 Å². The molecule has 0 aromatic heterocycles. The molecule has 1 N–H and O–H groups in total. The number of aliphatic hydroxyl groups is 1. The van der Waals surface area contributed by atoms with Crippen molar-refractivity contribution in [2.24, 2.45) is 0 Å². The van der Waals surface area contributed by atoms with Crippen LogP contribution < -0.4 is 0 Å². The van der Waals surface area contributed by atoms with E-state index in [4.69, 9.17) is 4.74 Å². The van der Waals surface area contributed by atoms with E-state index in [1.807, 2.05) is 13.8 Å². The smallest absolute Gasteiger partial charge is 0.309 e. The van der Waals surface area contributed by atoms with E-state index in [1.54, 1.807) is 6.92 Å². The second-order valence-electron chi connectivity index (χ2n) is 4.33. The first kappa shape index (κ1) is 11.2. The summed E-state index contributed by atoms with van der Waals surface area (Å²) < 4.78 is 5.12. The first-order chi connectivity index (χ1) is 6.44. The minimum Gasteiger partial charge on any atom is -0.456 e. The first-order valence-corrected chi connectivity index (χ1v) is 4.97. The van der Waals surface area contributed by atoms with Crippen LogP contribution in [0.1, 0.15) is 40.0 Å². The highest BCUT2D eigenvalue weighted by Gasteiger charge is 2.43. The fraction of sp³-hybridized carbons (Fsp3) is 0.727. The monoisotopic (exact) mass is 198 g/mol. The zero-order chi connectivity index (χ0) is 10.8. The fourth-order valence-electron chi connectivity index (χ4n) is 1.61. The van der Waals surface area contributed by atoms with Gasteiger partial charge in [-0.3, -0.25) is 4.79 Å². The molecule has 0 aliphatic carbocycles. The van der Waals surface area contributed by atoms with Gasteiger partial charge in [-0.1, -0.05) is 11.6 Å². The van der Waals surface area contributed by atoms with E-state index in [-0.39, 0.29) is 12.4 Å². The molecule has 1 rings (SSSR count). The van der Waals surface area contributed by atoms with Gasteiger partial charge in [-0.25, -0.2) is 0 Å². The summed E-state index contributed by atoms with van der Waals surface area (Å²) in [7, 11) is 0. The number of esters is 1. The van der Waals surface area contributed by atoms with Gasteiger partial charge in [0.2, 0.25) is 0 Å². The van der Waals surface area contributed by atoms with Crippen LogP contribution in [0.5, 0.6) is 0 Å². The summed E-state index contributed by atoms with van der Waals surface area (Å²) in [4.78, 5) is 11.0. The Morgan fingerprint density at radius 1 is 1.71 bits per heavy atom. The van der Waals surface area contributed by atoms with Crippen molar-refractivity contribution in [1.29, 1.82) is 0 Å². The number of allylic oxidation sites excluding steroid dienone is 2. The van der Waals surface area contributed by atoms with Crippen molar-refractivity contribution in [1.82, 2.24) is 0 Å². The molecular weight excluding hydrogens is 180 g/mol. The molecule has 0 radical (unpaired) electrons. The van der Waals surface area contributed by atoms with Gasteiger partial charge in [0.05, 0.1) is 6.42 Å². The van der Waals surface area contributed by atoms with E-state index in [0.29, 0.717) is 6.42 Å². The quantitative estimate of drug-likeness (QED) is 0.555. The molecule has 1 fully saturated rings. The van der Waals surface area contributed by atoms with Crippen LogP contribution in [0.4, 0.5) is 0 Å². The lowest BCUT2D eigenvalue weighted by Gasteiger charge is -2.25. The van der Waals surface area contributed by atoms with Crippen molar-refractivity contribution in [2.75, 3.05) is 0 Å². The SMILES string of the molecule is CC(C)=CCC[C@@]1(C)OC(=O)C[C@@H]1O. The standard InChI is InChI=1S/C11H18O3/c1-8(2)5-4-6-11(3)9(12)7-10(13)14-11/h5,9,12H,4,6-7H2,1-3H3/t9-,11+/m0/s1. The molecule has 0 aromatic rings. The number of carbonyl (C=O) groups is 1. The average molecular weight is 198 g/mol. The van der Waals surface area contributed by atoms with Crippen molar-refractivity contribution >= 4 is 5.97 Å². The second kappa shape index (κ2) is 4.13. The van der Waals surface area contributed by atoms with Crippen molar-refractivity contribution in [3.8, 4) is 0 Å². The Hall–Kier alpha value is -0.830. The Bertz CT molecular complexity index is 253. The van der Waals surface area contributed by atoms with E-state index in [0.717, 1.165) is 6.42 Å². The fourth-order valence-corrected chi connectivity index (χ4v) is 1.61. The molecule has 1 aliphatic heterocycles. The summed E-state index contributed by atoms with van der Waals surface area (Å²) in [5.74, 6) is -0.294. The third-order valence-corrected chi connectivity index (χ3v) is 2.61. The predicted octanol–water partition coefficient (Wildman–Crippen LogP) is 1.80. The van der Waals surface area contributed by atoms with E-state index in [1.165, 1.54) is 5.57 Å². The van der Waals surface area contributed by atoms with Crippen LogP contribution in [0.15, 0.2) is 11.6 Å². The minimum absolute atomic E-state index is 0.130. The molecule has 1 saturated heterocycles. The summed E-state index contributed by atoms with van der Waals surface area (Å²) in [5, 5.41) is 9.62. The van der Waals surface area contributed by atoms with Gasteiger partial charge in [0, 0.05) is 0 Å². The van der Waals surface area contributed by atoms with E-state index in [9.17, 15) is 9.90 Å². The Morgan fingerprint density at radius 3 is 2.79 bits per heavy atom. The van der Waals surface area contributed by atoms with Crippen molar-refractivity contribution < 1.29 is 14.6 Å². The van der Waals surface area contributed by atoms with E-state index < -0.39 is 11.7 Å². The van der Waals surface area contributed by atoms with Crippen LogP contribution in [-0.4, -0.2) is 22.8 Å². The van der Waals surface area contributed by atoms with Gasteiger partial charge < -0.3 is 9.84 Å². The summed E-state index contributed by atoms with van der Waals surface area (Å²) in [6, 6.07) is 0. The number of aliphatic hydroxyl groups excluding tert-OH is 1. The molecule has 0 aromatic carbocycles. The maximum atomic E-state index is 11.0. The number of carbonyl (C=O) groups excluding carboxylic acids is 1. The molecule has 1 aliphatic rings. The molecule has 0 spiro atoms. The lowest BCUT2D eigenvalue weighted by molar-refractivity contribution is -0.149. The molecular formula is C11H18O3. The summed E-state index contributed by atoms with van der Waals surface area (Å²) in [6.45, 7) is 5.85. The van der Waals surface area contributed by atoms with Gasteiger partial charge in [0.1, 0.15) is 11.7 Å². The van der Waals surface area contributed by atoms with Crippen molar-refractivity contribution in [3.05, 3.63) is 11.6 Å². The minimum atomic E-state index is -0.678. The zero-order valence-electron chi connectivity index (χ0n) is 9.04. The molecule has 0 bridgehead atoms. The van der Waals surface area contributed by atoms with E-state index >= 15 is 0 Å². The molecule has 0 saturated carbocycles. The van der Waals surface area contributed by atoms with Crippen LogP contribution in [0.3, 0.4) is 0 Å². The lowest BCUT2D eigenvalue weighted by Crippen LogP contribution is -2.35. The molecule has 80 valence electrons. The number of cyclic esters (lactones) is 1. The Kier molecular flexibility index (Phi) is 3.32. The lowest BCUT2D eigenvalue weighted by atomic mass is 9.93. The van der Waals surface area contributed by atoms with Crippen LogP contribution in [0, 0.1) is 0 Å². The van der Waals surface area contributed by atoms with Crippen LogP contribution in [0.25, 0.3) is 0 Å². The third kappa shape index (κ3) is 2.58. The maximum Gasteiger partial charge on any atom is 0.309 e. The predicted molar refractivity (Wildman–Crippen MR) is 53.8 cm³/mol. The number of rotatable bonds is 3. The summed E-state index contributed by atoms with van der Waals surface area (Å²) in [6.07, 6.45) is 3.09. The second-order valence-corrected chi connectivity index (χ2v) is 4.33. The Labute approximate surface area is 84.8 Å². The van der Waals surface area contributed by atoms with Crippen LogP contribution in [0.2, 0.25) is 0 Å². The average Bonchev–Trinajstić information content (AvgIpc) is 2.25. The number of hydrogen-bond acceptors (Lipinski definition) is 3. The van der Waals surface area contributed by atoms with Gasteiger partial charge in [0.15, 0.2) is 0 Å². The van der Waals surface area contributed by atoms with Gasteiger partial charge in [0.25, 0.3) is 0 Å². The Morgan fingerprint density at radius 2 is 2.36 bits per heavy atom. The van der Waals surface area contributed by atoms with Crippen LogP contribution >= 0.6 is 0 Å². The molecule has 14 heavy (non-hydrogen) atoms. The molecule has 3 heteroatoms. The van der Waals surface area contributed by atoms with Gasteiger partial charge in [-0.05, 0) is 33.6 Å².